The summed E-state index contributed by atoms with van der Waals surface area (Å²) in [5.41, 5.74) is 1.70. The maximum absolute atomic E-state index is 13.1. The van der Waals surface area contributed by atoms with Crippen LogP contribution in [0.2, 0.25) is 0 Å². The number of nitrogens with zero attached hydrogens (tertiary/aromatic N) is 2. The summed E-state index contributed by atoms with van der Waals surface area (Å²) < 4.78 is 0. The van der Waals surface area contributed by atoms with Crippen molar-refractivity contribution in [3.8, 4) is 0 Å². The topological polar surface area (TPSA) is 69.7 Å². The number of urea groups is 1. The van der Waals surface area contributed by atoms with Crippen molar-refractivity contribution in [3.05, 3.63) is 29.8 Å². The molecule has 4 rings (SSSR count). The molecule has 1 aromatic carbocycles. The highest BCUT2D eigenvalue weighted by Crippen LogP contribution is 2.35. The number of likely N-dealkylation sites (tertiary alicyclic amines) is 1. The van der Waals surface area contributed by atoms with Gasteiger partial charge in [0.1, 0.15) is 6.04 Å². The molecule has 2 saturated heterocycles. The lowest BCUT2D eigenvalue weighted by molar-refractivity contribution is -0.139. The Morgan fingerprint density at radius 3 is 2.40 bits per heavy atom. The van der Waals surface area contributed by atoms with Gasteiger partial charge in [-0.2, -0.15) is 0 Å². The quantitative estimate of drug-likeness (QED) is 0.917. The summed E-state index contributed by atoms with van der Waals surface area (Å²) in [6, 6.07) is 6.24. The average Bonchev–Trinajstić information content (AvgIpc) is 3.35. The lowest BCUT2D eigenvalue weighted by Gasteiger charge is -2.37. The number of rotatable bonds is 3. The molecular formula is C19H23N3O3. The zero-order valence-corrected chi connectivity index (χ0v) is 14.6. The highest BCUT2D eigenvalue weighted by Gasteiger charge is 2.51. The minimum absolute atomic E-state index is 0.0621. The van der Waals surface area contributed by atoms with Crippen molar-refractivity contribution in [1.29, 1.82) is 0 Å². The molecule has 3 fully saturated rings. The summed E-state index contributed by atoms with van der Waals surface area (Å²) in [5.74, 6) is 0.221. The van der Waals surface area contributed by atoms with Crippen LogP contribution in [0.5, 0.6) is 0 Å². The molecule has 2 aliphatic heterocycles. The van der Waals surface area contributed by atoms with E-state index >= 15 is 0 Å². The monoisotopic (exact) mass is 341 g/mol. The number of anilines is 1. The molecule has 1 aliphatic carbocycles. The zero-order valence-electron chi connectivity index (χ0n) is 14.6. The maximum atomic E-state index is 13.1. The fourth-order valence-electron chi connectivity index (χ4n) is 3.77. The second-order valence-corrected chi connectivity index (χ2v) is 7.52. The van der Waals surface area contributed by atoms with Gasteiger partial charge in [0.15, 0.2) is 0 Å². The SMILES string of the molecule is CC(C)c1ccc(N2C(=O)N[C@@H]3CCN(C(=O)C4CC4)[C@H]3C2=O)cc1. The van der Waals surface area contributed by atoms with Gasteiger partial charge < -0.3 is 10.2 Å². The number of carbonyl (C=O) groups is 3. The highest BCUT2D eigenvalue weighted by atomic mass is 16.2. The van der Waals surface area contributed by atoms with Gasteiger partial charge in [-0.25, -0.2) is 9.69 Å². The van der Waals surface area contributed by atoms with Crippen LogP contribution in [0.15, 0.2) is 24.3 Å². The molecule has 132 valence electrons. The smallest absolute Gasteiger partial charge is 0.329 e. The number of amides is 4. The minimum atomic E-state index is -0.574. The first-order valence-electron chi connectivity index (χ1n) is 9.02. The van der Waals surface area contributed by atoms with Crippen molar-refractivity contribution in [3.63, 3.8) is 0 Å². The van der Waals surface area contributed by atoms with Crippen LogP contribution in [0.25, 0.3) is 0 Å². The van der Waals surface area contributed by atoms with Crippen LogP contribution in [0.1, 0.15) is 44.6 Å². The zero-order chi connectivity index (χ0) is 17.7. The highest BCUT2D eigenvalue weighted by molar-refractivity contribution is 6.19. The molecule has 0 aromatic heterocycles. The first-order valence-corrected chi connectivity index (χ1v) is 9.02. The van der Waals surface area contributed by atoms with Crippen LogP contribution in [0, 0.1) is 5.92 Å². The number of fused-ring (bicyclic) bond motifs is 1. The molecule has 0 bridgehead atoms. The molecule has 1 aromatic rings. The minimum Gasteiger partial charge on any atom is -0.332 e. The Bertz CT molecular complexity index is 724. The molecule has 6 nitrogen and oxygen atoms in total. The Balaban J connectivity index is 1.61. The van der Waals surface area contributed by atoms with E-state index in [0.717, 1.165) is 18.4 Å². The van der Waals surface area contributed by atoms with Crippen molar-refractivity contribution in [1.82, 2.24) is 10.2 Å². The fraction of sp³-hybridized carbons (Fsp3) is 0.526. The van der Waals surface area contributed by atoms with Crippen molar-refractivity contribution < 1.29 is 14.4 Å². The normalized spacial score (nSPS) is 26.0. The number of hydrogen-bond donors (Lipinski definition) is 1. The first kappa shape index (κ1) is 16.1. The van der Waals surface area contributed by atoms with Gasteiger partial charge in [0, 0.05) is 12.5 Å². The summed E-state index contributed by atoms with van der Waals surface area (Å²) in [7, 11) is 0. The van der Waals surface area contributed by atoms with E-state index in [2.05, 4.69) is 19.2 Å². The molecule has 25 heavy (non-hydrogen) atoms. The van der Waals surface area contributed by atoms with Gasteiger partial charge in [-0.1, -0.05) is 26.0 Å². The van der Waals surface area contributed by atoms with Crippen molar-refractivity contribution in [2.45, 2.75) is 51.1 Å². The van der Waals surface area contributed by atoms with Crippen LogP contribution in [0.3, 0.4) is 0 Å². The third kappa shape index (κ3) is 2.69. The summed E-state index contributed by atoms with van der Waals surface area (Å²) in [5, 5.41) is 2.91. The van der Waals surface area contributed by atoms with E-state index in [1.165, 1.54) is 4.90 Å². The maximum Gasteiger partial charge on any atom is 0.329 e. The van der Waals surface area contributed by atoms with Gasteiger partial charge in [-0.15, -0.1) is 0 Å². The predicted octanol–water partition coefficient (Wildman–Crippen LogP) is 2.25. The molecule has 4 amide bonds. The molecule has 2 heterocycles. The average molecular weight is 341 g/mol. The Labute approximate surface area is 147 Å². The van der Waals surface area contributed by atoms with Crippen LogP contribution in [-0.4, -0.2) is 41.4 Å². The summed E-state index contributed by atoms with van der Waals surface area (Å²) in [6.45, 7) is 4.73. The summed E-state index contributed by atoms with van der Waals surface area (Å²) in [6.07, 6.45) is 2.46. The van der Waals surface area contributed by atoms with Crippen LogP contribution < -0.4 is 10.2 Å². The Kier molecular flexibility index (Phi) is 3.78. The molecular weight excluding hydrogens is 318 g/mol. The van der Waals surface area contributed by atoms with E-state index in [4.69, 9.17) is 0 Å². The molecule has 0 radical (unpaired) electrons. The molecule has 3 aliphatic rings. The van der Waals surface area contributed by atoms with Gasteiger partial charge in [0.25, 0.3) is 5.91 Å². The van der Waals surface area contributed by atoms with Gasteiger partial charge in [-0.05, 0) is 42.9 Å². The van der Waals surface area contributed by atoms with Gasteiger partial charge >= 0.3 is 6.03 Å². The Morgan fingerprint density at radius 1 is 1.12 bits per heavy atom. The second-order valence-electron chi connectivity index (χ2n) is 7.52. The molecule has 1 saturated carbocycles. The second kappa shape index (κ2) is 5.86. The van der Waals surface area contributed by atoms with Crippen molar-refractivity contribution in [2.75, 3.05) is 11.4 Å². The van der Waals surface area contributed by atoms with E-state index in [1.54, 1.807) is 17.0 Å². The van der Waals surface area contributed by atoms with Gasteiger partial charge in [0.2, 0.25) is 5.91 Å². The lowest BCUT2D eigenvalue weighted by Crippen LogP contribution is -2.65. The van der Waals surface area contributed by atoms with E-state index in [1.807, 2.05) is 12.1 Å². The first-order chi connectivity index (χ1) is 12.0. The predicted molar refractivity (Wildman–Crippen MR) is 93.2 cm³/mol. The molecule has 1 N–H and O–H groups in total. The van der Waals surface area contributed by atoms with E-state index in [9.17, 15) is 14.4 Å². The number of benzene rings is 1. The van der Waals surface area contributed by atoms with E-state index < -0.39 is 12.1 Å². The molecule has 2 atom stereocenters. The number of hydrogen-bond acceptors (Lipinski definition) is 3. The molecule has 6 heteroatoms. The molecule has 0 unspecified atom stereocenters. The summed E-state index contributed by atoms with van der Waals surface area (Å²) >= 11 is 0. The number of carbonyl (C=O) groups excluding carboxylic acids is 3. The third-order valence-electron chi connectivity index (χ3n) is 5.41. The Hall–Kier alpha value is -2.37. The fourth-order valence-corrected chi connectivity index (χ4v) is 3.77. The van der Waals surface area contributed by atoms with Gasteiger partial charge in [0.05, 0.1) is 11.7 Å². The molecule has 0 spiro atoms. The summed E-state index contributed by atoms with van der Waals surface area (Å²) in [4.78, 5) is 40.9. The van der Waals surface area contributed by atoms with Crippen LogP contribution in [0.4, 0.5) is 10.5 Å². The number of nitrogens with one attached hydrogen (secondary N) is 1. The van der Waals surface area contributed by atoms with E-state index in [0.29, 0.717) is 24.6 Å². The van der Waals surface area contributed by atoms with Gasteiger partial charge in [-0.3, -0.25) is 9.59 Å². The van der Waals surface area contributed by atoms with E-state index in [-0.39, 0.29) is 23.8 Å². The van der Waals surface area contributed by atoms with Crippen molar-refractivity contribution in [2.24, 2.45) is 5.92 Å². The lowest BCUT2D eigenvalue weighted by atomic mass is 10.0. The van der Waals surface area contributed by atoms with Crippen molar-refractivity contribution >= 4 is 23.5 Å². The van der Waals surface area contributed by atoms with Crippen LogP contribution >= 0.6 is 0 Å². The standard InChI is InChI=1S/C19H23N3O3/c1-11(2)12-5-7-14(8-6-12)22-18(24)16-15(20-19(22)25)9-10-21(16)17(23)13-3-4-13/h5-8,11,13,15-16H,3-4,9-10H2,1-2H3,(H,20,25)/t15-,16-/m1/s1. The third-order valence-corrected chi connectivity index (χ3v) is 5.41. The number of imide groups is 1. The Morgan fingerprint density at radius 2 is 1.80 bits per heavy atom. The van der Waals surface area contributed by atoms with Crippen LogP contribution in [-0.2, 0) is 9.59 Å². The largest absolute Gasteiger partial charge is 0.332 e.